The van der Waals surface area contributed by atoms with Gasteiger partial charge in [-0.2, -0.15) is 5.26 Å². The molecule has 1 aromatic heterocycles. The molecule has 2 aromatic rings. The van der Waals surface area contributed by atoms with Gasteiger partial charge in [0, 0.05) is 9.90 Å². The number of aryl methyl sites for hydroxylation is 1. The second-order valence-corrected chi connectivity index (χ2v) is 7.41. The molecule has 0 amide bonds. The molecule has 98 valence electrons. The molecule has 0 atom stereocenters. The quantitative estimate of drug-likeness (QED) is 0.944. The smallest absolute Gasteiger partial charge is 0.271 e. The molecule has 0 unspecified atom stereocenters. The minimum Gasteiger partial charge on any atom is -0.278 e. The summed E-state index contributed by atoms with van der Waals surface area (Å²) in [4.78, 5) is 0.895. The first-order chi connectivity index (χ1) is 8.92. The molecule has 19 heavy (non-hydrogen) atoms. The summed E-state index contributed by atoms with van der Waals surface area (Å²) in [7, 11) is -3.68. The summed E-state index contributed by atoms with van der Waals surface area (Å²) < 4.78 is 26.9. The second kappa shape index (κ2) is 5.21. The van der Waals surface area contributed by atoms with Crippen LogP contribution in [0.3, 0.4) is 0 Å². The second-order valence-electron chi connectivity index (χ2n) is 3.77. The molecule has 0 radical (unpaired) electrons. The third-order valence-corrected chi connectivity index (χ3v) is 5.42. The molecule has 0 aliphatic rings. The Labute approximate surface area is 120 Å². The first-order valence-electron chi connectivity index (χ1n) is 5.21. The minimum atomic E-state index is -3.68. The van der Waals surface area contributed by atoms with Gasteiger partial charge >= 0.3 is 0 Å². The number of thiophene rings is 1. The Hall–Kier alpha value is -1.55. The van der Waals surface area contributed by atoms with Crippen molar-refractivity contribution in [2.45, 2.75) is 11.1 Å². The number of halogens is 1. The number of hydrogen-bond acceptors (Lipinski definition) is 4. The molecule has 0 saturated heterocycles. The number of nitrogens with one attached hydrogen (secondary N) is 1. The zero-order chi connectivity index (χ0) is 14.0. The maximum absolute atomic E-state index is 12.1. The lowest BCUT2D eigenvalue weighted by Crippen LogP contribution is -2.12. The van der Waals surface area contributed by atoms with Crippen molar-refractivity contribution in [3.8, 4) is 6.07 Å². The summed E-state index contributed by atoms with van der Waals surface area (Å²) in [6.45, 7) is 1.82. The molecule has 1 N–H and O–H groups in total. The fraction of sp³-hybridized carbons (Fsp3) is 0.0833. The number of nitriles is 1. The first-order valence-corrected chi connectivity index (χ1v) is 7.89. The SMILES string of the molecule is Cc1ccc(S(=O)(=O)Nc2cc(Cl)ccc2C#N)s1. The lowest BCUT2D eigenvalue weighted by Gasteiger charge is -2.08. The highest BCUT2D eigenvalue weighted by atomic mass is 35.5. The van der Waals surface area contributed by atoms with Gasteiger partial charge in [-0.15, -0.1) is 11.3 Å². The number of nitrogens with zero attached hydrogens (tertiary/aromatic N) is 1. The van der Waals surface area contributed by atoms with Crippen LogP contribution in [-0.4, -0.2) is 8.42 Å². The molecule has 0 saturated carbocycles. The lowest BCUT2D eigenvalue weighted by molar-refractivity contribution is 0.603. The molecule has 4 nitrogen and oxygen atoms in total. The van der Waals surface area contributed by atoms with E-state index in [1.165, 1.54) is 35.6 Å². The Morgan fingerprint density at radius 2 is 2.05 bits per heavy atom. The Morgan fingerprint density at radius 3 is 2.63 bits per heavy atom. The average molecular weight is 313 g/mol. The third-order valence-electron chi connectivity index (χ3n) is 2.33. The van der Waals surface area contributed by atoms with Crippen LogP contribution in [0.1, 0.15) is 10.4 Å². The molecule has 0 spiro atoms. The van der Waals surface area contributed by atoms with E-state index in [0.29, 0.717) is 5.02 Å². The van der Waals surface area contributed by atoms with E-state index < -0.39 is 10.0 Å². The van der Waals surface area contributed by atoms with Crippen LogP contribution in [0.15, 0.2) is 34.5 Å². The van der Waals surface area contributed by atoms with Gasteiger partial charge in [-0.05, 0) is 37.3 Å². The van der Waals surface area contributed by atoms with E-state index in [1.54, 1.807) is 6.07 Å². The fourth-order valence-electron chi connectivity index (χ4n) is 1.45. The first kappa shape index (κ1) is 13.9. The van der Waals surface area contributed by atoms with Gasteiger partial charge in [0.15, 0.2) is 0 Å². The van der Waals surface area contributed by atoms with Crippen LogP contribution in [0.25, 0.3) is 0 Å². The largest absolute Gasteiger partial charge is 0.278 e. The van der Waals surface area contributed by atoms with Gasteiger partial charge in [-0.3, -0.25) is 4.72 Å². The van der Waals surface area contributed by atoms with Crippen molar-refractivity contribution in [3.05, 3.63) is 45.8 Å². The molecular weight excluding hydrogens is 304 g/mol. The number of benzene rings is 1. The van der Waals surface area contributed by atoms with Crippen molar-refractivity contribution < 1.29 is 8.42 Å². The van der Waals surface area contributed by atoms with E-state index in [0.717, 1.165) is 4.88 Å². The summed E-state index contributed by atoms with van der Waals surface area (Å²) in [5.74, 6) is 0. The standard InChI is InChI=1S/C12H9ClN2O2S2/c1-8-2-5-12(18-8)19(16,17)15-11-6-10(13)4-3-9(11)7-14/h2-6,15H,1H3. The van der Waals surface area contributed by atoms with Gasteiger partial charge in [-0.25, -0.2) is 8.42 Å². The molecule has 1 aromatic carbocycles. The van der Waals surface area contributed by atoms with Crippen LogP contribution >= 0.6 is 22.9 Å². The predicted octanol–water partition coefficient (Wildman–Crippen LogP) is 3.38. The molecule has 1 heterocycles. The van der Waals surface area contributed by atoms with Crippen LogP contribution in [0.5, 0.6) is 0 Å². The highest BCUT2D eigenvalue weighted by Crippen LogP contribution is 2.26. The Morgan fingerprint density at radius 1 is 1.32 bits per heavy atom. The van der Waals surface area contributed by atoms with E-state index in [-0.39, 0.29) is 15.5 Å². The van der Waals surface area contributed by atoms with Gasteiger partial charge in [0.05, 0.1) is 11.3 Å². The van der Waals surface area contributed by atoms with Gasteiger partial charge in [-0.1, -0.05) is 11.6 Å². The monoisotopic (exact) mass is 312 g/mol. The van der Waals surface area contributed by atoms with E-state index >= 15 is 0 Å². The zero-order valence-corrected chi connectivity index (χ0v) is 12.2. The summed E-state index contributed by atoms with van der Waals surface area (Å²) in [6, 6.07) is 9.59. The lowest BCUT2D eigenvalue weighted by atomic mass is 10.2. The van der Waals surface area contributed by atoms with E-state index in [9.17, 15) is 8.42 Å². The molecule has 0 bridgehead atoms. The summed E-state index contributed by atoms with van der Waals surface area (Å²) in [5.41, 5.74) is 0.405. The van der Waals surface area contributed by atoms with Gasteiger partial charge < -0.3 is 0 Å². The maximum Gasteiger partial charge on any atom is 0.271 e. The Kier molecular flexibility index (Phi) is 3.80. The molecule has 2 rings (SSSR count). The van der Waals surface area contributed by atoms with Crippen LogP contribution in [0, 0.1) is 18.3 Å². The fourth-order valence-corrected chi connectivity index (χ4v) is 3.98. The van der Waals surface area contributed by atoms with E-state index in [1.807, 2.05) is 13.0 Å². The predicted molar refractivity (Wildman–Crippen MR) is 76.0 cm³/mol. The third kappa shape index (κ3) is 3.07. The topological polar surface area (TPSA) is 70.0 Å². The van der Waals surface area contributed by atoms with E-state index in [4.69, 9.17) is 16.9 Å². The average Bonchev–Trinajstić information content (AvgIpc) is 2.76. The zero-order valence-electron chi connectivity index (χ0n) is 9.84. The summed E-state index contributed by atoms with van der Waals surface area (Å²) in [5, 5.41) is 9.32. The van der Waals surface area contributed by atoms with Crippen molar-refractivity contribution in [1.82, 2.24) is 0 Å². The van der Waals surface area contributed by atoms with Gasteiger partial charge in [0.25, 0.3) is 10.0 Å². The summed E-state index contributed by atoms with van der Waals surface area (Å²) >= 11 is 6.98. The van der Waals surface area contributed by atoms with Crippen molar-refractivity contribution in [1.29, 1.82) is 5.26 Å². The van der Waals surface area contributed by atoms with Crippen molar-refractivity contribution >= 4 is 38.6 Å². The van der Waals surface area contributed by atoms with Gasteiger partial charge in [0.1, 0.15) is 10.3 Å². The van der Waals surface area contributed by atoms with Crippen molar-refractivity contribution in [3.63, 3.8) is 0 Å². The highest BCUT2D eigenvalue weighted by Gasteiger charge is 2.18. The molecular formula is C12H9ClN2O2S2. The molecule has 0 aliphatic carbocycles. The minimum absolute atomic E-state index is 0.182. The van der Waals surface area contributed by atoms with Crippen molar-refractivity contribution in [2.24, 2.45) is 0 Å². The molecule has 0 fully saturated rings. The normalized spacial score (nSPS) is 11.0. The number of hydrogen-bond donors (Lipinski definition) is 1. The molecule has 7 heteroatoms. The van der Waals surface area contributed by atoms with E-state index in [2.05, 4.69) is 4.72 Å². The van der Waals surface area contributed by atoms with Crippen LogP contribution in [0.2, 0.25) is 5.02 Å². The van der Waals surface area contributed by atoms with Crippen LogP contribution in [-0.2, 0) is 10.0 Å². The molecule has 0 aliphatic heterocycles. The number of rotatable bonds is 3. The van der Waals surface area contributed by atoms with Crippen LogP contribution in [0.4, 0.5) is 5.69 Å². The number of anilines is 1. The summed E-state index contributed by atoms with van der Waals surface area (Å²) in [6.07, 6.45) is 0. The van der Waals surface area contributed by atoms with Gasteiger partial charge in [0.2, 0.25) is 0 Å². The van der Waals surface area contributed by atoms with Crippen molar-refractivity contribution in [2.75, 3.05) is 4.72 Å². The maximum atomic E-state index is 12.1. The Bertz CT molecular complexity index is 760. The van der Waals surface area contributed by atoms with Crippen LogP contribution < -0.4 is 4.72 Å². The number of sulfonamides is 1. The highest BCUT2D eigenvalue weighted by molar-refractivity contribution is 7.94. The Balaban J connectivity index is 2.41.